The van der Waals surface area contributed by atoms with Crippen LogP contribution >= 0.6 is 0 Å². The summed E-state index contributed by atoms with van der Waals surface area (Å²) in [6, 6.07) is 0. The number of nitrogens with zero attached hydrogens (tertiary/aromatic N) is 5. The van der Waals surface area contributed by atoms with Crippen LogP contribution in [-0.4, -0.2) is 71.6 Å². The fraction of sp³-hybridized carbons (Fsp3) is 0.867. The summed E-state index contributed by atoms with van der Waals surface area (Å²) in [5.41, 5.74) is 1.01. The highest BCUT2D eigenvalue weighted by Crippen LogP contribution is 2.00. The maximum atomic E-state index is 4.21. The van der Waals surface area contributed by atoms with Gasteiger partial charge in [0.25, 0.3) is 0 Å². The zero-order chi connectivity index (χ0) is 15.7. The SMILES string of the molecule is CCNCc1cn(CCN(CCN(C)C)CC(C)C)nn1. The lowest BCUT2D eigenvalue weighted by atomic mass is 10.2. The van der Waals surface area contributed by atoms with E-state index >= 15 is 0 Å². The minimum atomic E-state index is 0.687. The smallest absolute Gasteiger partial charge is 0.0964 e. The molecule has 0 saturated carbocycles. The summed E-state index contributed by atoms with van der Waals surface area (Å²) >= 11 is 0. The summed E-state index contributed by atoms with van der Waals surface area (Å²) in [6.07, 6.45) is 2.04. The third kappa shape index (κ3) is 8.14. The van der Waals surface area contributed by atoms with Crippen molar-refractivity contribution in [2.45, 2.75) is 33.9 Å². The number of likely N-dealkylation sites (N-methyl/N-ethyl adjacent to an activating group) is 1. The van der Waals surface area contributed by atoms with Crippen LogP contribution < -0.4 is 5.32 Å². The van der Waals surface area contributed by atoms with Crippen molar-refractivity contribution in [2.24, 2.45) is 5.92 Å². The van der Waals surface area contributed by atoms with Crippen LogP contribution in [0.1, 0.15) is 26.5 Å². The molecule has 0 atom stereocenters. The first-order valence-corrected chi connectivity index (χ1v) is 7.98. The van der Waals surface area contributed by atoms with Gasteiger partial charge in [0.2, 0.25) is 0 Å². The molecule has 0 aliphatic carbocycles. The van der Waals surface area contributed by atoms with Crippen molar-refractivity contribution in [2.75, 3.05) is 46.8 Å². The second-order valence-electron chi connectivity index (χ2n) is 6.25. The van der Waals surface area contributed by atoms with Gasteiger partial charge in [0, 0.05) is 38.9 Å². The number of rotatable bonds is 11. The Morgan fingerprint density at radius 2 is 2.00 bits per heavy atom. The van der Waals surface area contributed by atoms with E-state index in [1.165, 1.54) is 0 Å². The third-order valence-corrected chi connectivity index (χ3v) is 3.27. The molecule has 0 fully saturated rings. The Morgan fingerprint density at radius 3 is 2.62 bits per heavy atom. The van der Waals surface area contributed by atoms with Crippen molar-refractivity contribution in [1.82, 2.24) is 30.1 Å². The van der Waals surface area contributed by atoms with Gasteiger partial charge in [0.1, 0.15) is 0 Å². The Morgan fingerprint density at radius 1 is 1.24 bits per heavy atom. The van der Waals surface area contributed by atoms with Crippen molar-refractivity contribution in [3.05, 3.63) is 11.9 Å². The highest BCUT2D eigenvalue weighted by molar-refractivity contribution is 4.91. The first kappa shape index (κ1) is 18.1. The topological polar surface area (TPSA) is 49.2 Å². The fourth-order valence-electron chi connectivity index (χ4n) is 2.18. The van der Waals surface area contributed by atoms with E-state index in [0.29, 0.717) is 5.92 Å². The molecular formula is C15H32N6. The molecule has 0 amide bonds. The minimum Gasteiger partial charge on any atom is -0.311 e. The Kier molecular flexibility index (Phi) is 8.49. The molecule has 0 aromatic carbocycles. The number of aromatic nitrogens is 3. The molecule has 0 radical (unpaired) electrons. The molecule has 1 heterocycles. The average molecular weight is 296 g/mol. The van der Waals surface area contributed by atoms with E-state index in [2.05, 4.69) is 60.3 Å². The first-order valence-electron chi connectivity index (χ1n) is 7.98. The standard InChI is InChI=1S/C15H32N6/c1-6-16-11-15-13-21(18-17-15)10-9-20(12-14(2)3)8-7-19(4)5/h13-14,16H,6-12H2,1-5H3. The van der Waals surface area contributed by atoms with Crippen molar-refractivity contribution >= 4 is 0 Å². The van der Waals surface area contributed by atoms with Crippen LogP contribution in [0.25, 0.3) is 0 Å². The maximum absolute atomic E-state index is 4.21. The molecule has 1 rings (SSSR count). The number of hydrogen-bond acceptors (Lipinski definition) is 5. The molecule has 0 bridgehead atoms. The Labute approximate surface area is 129 Å². The van der Waals surface area contributed by atoms with Crippen LogP contribution in [0.4, 0.5) is 0 Å². The molecule has 0 aliphatic rings. The van der Waals surface area contributed by atoms with Gasteiger partial charge in [-0.15, -0.1) is 5.10 Å². The van der Waals surface area contributed by atoms with E-state index in [1.54, 1.807) is 0 Å². The van der Waals surface area contributed by atoms with Crippen molar-refractivity contribution in [3.8, 4) is 0 Å². The maximum Gasteiger partial charge on any atom is 0.0964 e. The molecule has 21 heavy (non-hydrogen) atoms. The molecule has 6 nitrogen and oxygen atoms in total. The predicted octanol–water partition coefficient (Wildman–Crippen LogP) is 0.907. The average Bonchev–Trinajstić information content (AvgIpc) is 2.87. The van der Waals surface area contributed by atoms with Crippen LogP contribution in [-0.2, 0) is 13.1 Å². The van der Waals surface area contributed by atoms with Crippen LogP contribution in [0.2, 0.25) is 0 Å². The van der Waals surface area contributed by atoms with Gasteiger partial charge in [-0.3, -0.25) is 9.58 Å². The number of hydrogen-bond donors (Lipinski definition) is 1. The second kappa shape index (κ2) is 9.87. The van der Waals surface area contributed by atoms with Gasteiger partial charge >= 0.3 is 0 Å². The minimum absolute atomic E-state index is 0.687. The van der Waals surface area contributed by atoms with E-state index < -0.39 is 0 Å². The lowest BCUT2D eigenvalue weighted by molar-refractivity contribution is 0.209. The zero-order valence-corrected chi connectivity index (χ0v) is 14.3. The van der Waals surface area contributed by atoms with E-state index in [-0.39, 0.29) is 0 Å². The molecular weight excluding hydrogens is 264 g/mol. The molecule has 0 unspecified atom stereocenters. The van der Waals surface area contributed by atoms with Gasteiger partial charge in [-0.2, -0.15) is 0 Å². The monoisotopic (exact) mass is 296 g/mol. The lowest BCUT2D eigenvalue weighted by Gasteiger charge is -2.25. The molecule has 122 valence electrons. The fourth-order valence-corrected chi connectivity index (χ4v) is 2.18. The van der Waals surface area contributed by atoms with E-state index in [4.69, 9.17) is 0 Å². The third-order valence-electron chi connectivity index (χ3n) is 3.27. The largest absolute Gasteiger partial charge is 0.311 e. The predicted molar refractivity (Wildman–Crippen MR) is 87.2 cm³/mol. The molecule has 0 saturated heterocycles. The van der Waals surface area contributed by atoms with Gasteiger partial charge in [-0.05, 0) is 26.6 Å². The lowest BCUT2D eigenvalue weighted by Crippen LogP contribution is -2.36. The van der Waals surface area contributed by atoms with Crippen molar-refractivity contribution < 1.29 is 0 Å². The molecule has 0 spiro atoms. The highest BCUT2D eigenvalue weighted by atomic mass is 15.4. The molecule has 0 aliphatic heterocycles. The van der Waals surface area contributed by atoms with Crippen LogP contribution in [0.3, 0.4) is 0 Å². The molecule has 6 heteroatoms. The number of nitrogens with one attached hydrogen (secondary N) is 1. The van der Waals surface area contributed by atoms with Crippen LogP contribution in [0, 0.1) is 5.92 Å². The quantitative estimate of drug-likeness (QED) is 0.658. The van der Waals surface area contributed by atoms with Crippen LogP contribution in [0.15, 0.2) is 6.20 Å². The molecule has 1 aromatic rings. The summed E-state index contributed by atoms with van der Waals surface area (Å²) in [5.74, 6) is 0.687. The summed E-state index contributed by atoms with van der Waals surface area (Å²) in [4.78, 5) is 4.74. The molecule has 1 aromatic heterocycles. The summed E-state index contributed by atoms with van der Waals surface area (Å²) in [7, 11) is 4.25. The second-order valence-corrected chi connectivity index (χ2v) is 6.25. The van der Waals surface area contributed by atoms with Crippen molar-refractivity contribution in [1.29, 1.82) is 0 Å². The first-order chi connectivity index (χ1) is 10.0. The normalized spacial score (nSPS) is 12.0. The zero-order valence-electron chi connectivity index (χ0n) is 14.3. The Hall–Kier alpha value is -0.980. The van der Waals surface area contributed by atoms with E-state index in [1.807, 2.05) is 10.9 Å². The summed E-state index contributed by atoms with van der Waals surface area (Å²) in [6.45, 7) is 13.6. The van der Waals surface area contributed by atoms with Crippen molar-refractivity contribution in [3.63, 3.8) is 0 Å². The van der Waals surface area contributed by atoms with Crippen LogP contribution in [0.5, 0.6) is 0 Å². The van der Waals surface area contributed by atoms with Gasteiger partial charge in [0.15, 0.2) is 0 Å². The Bertz CT molecular complexity index is 374. The van der Waals surface area contributed by atoms with Gasteiger partial charge < -0.3 is 10.2 Å². The van der Waals surface area contributed by atoms with E-state index in [0.717, 1.165) is 51.5 Å². The van der Waals surface area contributed by atoms with Gasteiger partial charge in [-0.25, -0.2) is 0 Å². The van der Waals surface area contributed by atoms with Gasteiger partial charge in [0.05, 0.1) is 12.2 Å². The summed E-state index contributed by atoms with van der Waals surface area (Å²) < 4.78 is 1.95. The van der Waals surface area contributed by atoms with E-state index in [9.17, 15) is 0 Å². The Balaban J connectivity index is 2.41. The molecule has 1 N–H and O–H groups in total. The summed E-state index contributed by atoms with van der Waals surface area (Å²) in [5, 5.41) is 11.7. The highest BCUT2D eigenvalue weighted by Gasteiger charge is 2.09. The van der Waals surface area contributed by atoms with Gasteiger partial charge in [-0.1, -0.05) is 26.0 Å².